The van der Waals surface area contributed by atoms with Gasteiger partial charge in [0.05, 0.1) is 23.9 Å². The van der Waals surface area contributed by atoms with Crippen molar-refractivity contribution in [2.24, 2.45) is 0 Å². The molecule has 1 aromatic carbocycles. The van der Waals surface area contributed by atoms with Crippen LogP contribution in [0.25, 0.3) is 5.69 Å². The Bertz CT molecular complexity index is 756. The first kappa shape index (κ1) is 10.8. The summed E-state index contributed by atoms with van der Waals surface area (Å²) in [5, 5.41) is 9.88. The molecule has 6 heteroatoms. The Morgan fingerprint density at radius 3 is 2.42 bits per heavy atom. The van der Waals surface area contributed by atoms with Gasteiger partial charge in [0.25, 0.3) is 0 Å². The van der Waals surface area contributed by atoms with Gasteiger partial charge in [0.2, 0.25) is 0 Å². The molecule has 1 aromatic heterocycles. The van der Waals surface area contributed by atoms with Crippen molar-refractivity contribution in [3.63, 3.8) is 0 Å². The first-order valence-electron chi connectivity index (χ1n) is 6.38. The third-order valence-corrected chi connectivity index (χ3v) is 4.15. The van der Waals surface area contributed by atoms with E-state index >= 15 is 0 Å². The zero-order valence-electron chi connectivity index (χ0n) is 10.1. The third-order valence-electron chi connectivity index (χ3n) is 4.15. The van der Waals surface area contributed by atoms with Crippen LogP contribution >= 0.6 is 0 Å². The molecule has 98 valence electrons. The Balaban J connectivity index is 2.01. The van der Waals surface area contributed by atoms with Crippen LogP contribution in [0.5, 0.6) is 0 Å². The number of rotatable bonds is 1. The minimum Gasteiger partial charge on any atom is -0.391 e. The van der Waals surface area contributed by atoms with Gasteiger partial charge in [-0.1, -0.05) is 18.2 Å². The molecule has 0 spiro atoms. The Hall–Kier alpha value is -2.08. The largest absolute Gasteiger partial charge is 0.391 e. The zero-order valence-corrected chi connectivity index (χ0v) is 10.1. The minimum absolute atomic E-state index is 0.0508. The van der Waals surface area contributed by atoms with Gasteiger partial charge in [-0.15, -0.1) is 0 Å². The molecule has 19 heavy (non-hydrogen) atoms. The average molecular weight is 259 g/mol. The van der Waals surface area contributed by atoms with E-state index in [1.54, 1.807) is 24.3 Å². The molecule has 6 nitrogen and oxygen atoms in total. The monoisotopic (exact) mass is 259 g/mol. The van der Waals surface area contributed by atoms with Crippen molar-refractivity contribution >= 4 is 0 Å². The second-order valence-corrected chi connectivity index (χ2v) is 5.19. The number of hydrogen-bond donors (Lipinski definition) is 1. The summed E-state index contributed by atoms with van der Waals surface area (Å²) in [4.78, 5) is 24.8. The standard InChI is InChI=1S/C13H13N3O3/c17-11-7-9-6-10(11)16-13(19)14(12(18)15(9)16)8-4-2-1-3-5-8/h1-5,9-11,17H,6-7H2/t9-,10-,11-/m1/s1. The average Bonchev–Trinajstić information content (AvgIpc) is 3.02. The molecule has 2 aromatic rings. The van der Waals surface area contributed by atoms with E-state index in [0.29, 0.717) is 18.5 Å². The minimum atomic E-state index is -0.520. The molecule has 1 saturated carbocycles. The van der Waals surface area contributed by atoms with Crippen molar-refractivity contribution in [1.29, 1.82) is 0 Å². The molecule has 2 heterocycles. The van der Waals surface area contributed by atoms with Gasteiger partial charge >= 0.3 is 11.4 Å². The van der Waals surface area contributed by atoms with Crippen molar-refractivity contribution < 1.29 is 5.11 Å². The molecule has 3 atom stereocenters. The van der Waals surface area contributed by atoms with Crippen molar-refractivity contribution in [1.82, 2.24) is 13.9 Å². The lowest BCUT2D eigenvalue weighted by Crippen LogP contribution is -2.34. The van der Waals surface area contributed by atoms with Crippen LogP contribution in [0, 0.1) is 0 Å². The first-order chi connectivity index (χ1) is 9.18. The molecular weight excluding hydrogens is 246 g/mol. The van der Waals surface area contributed by atoms with E-state index in [-0.39, 0.29) is 23.5 Å². The highest BCUT2D eigenvalue weighted by Crippen LogP contribution is 2.42. The second kappa shape index (κ2) is 3.48. The van der Waals surface area contributed by atoms with E-state index < -0.39 is 6.10 Å². The van der Waals surface area contributed by atoms with Crippen LogP contribution in [0.1, 0.15) is 24.9 Å². The smallest absolute Gasteiger partial charge is 0.352 e. The van der Waals surface area contributed by atoms with Crippen molar-refractivity contribution in [3.8, 4) is 5.69 Å². The number of nitrogens with zero attached hydrogens (tertiary/aromatic N) is 3. The third kappa shape index (κ3) is 1.24. The van der Waals surface area contributed by atoms with Gasteiger partial charge in [-0.2, -0.15) is 0 Å². The highest BCUT2D eigenvalue weighted by Gasteiger charge is 2.46. The molecule has 1 aliphatic heterocycles. The maximum atomic E-state index is 12.4. The maximum Gasteiger partial charge on any atom is 0.352 e. The second-order valence-electron chi connectivity index (χ2n) is 5.19. The van der Waals surface area contributed by atoms with E-state index in [2.05, 4.69) is 0 Å². The first-order valence-corrected chi connectivity index (χ1v) is 6.38. The van der Waals surface area contributed by atoms with Gasteiger partial charge in [0.1, 0.15) is 0 Å². The molecule has 0 radical (unpaired) electrons. The summed E-state index contributed by atoms with van der Waals surface area (Å²) in [6, 6.07) is 8.58. The Morgan fingerprint density at radius 2 is 1.68 bits per heavy atom. The molecule has 0 amide bonds. The lowest BCUT2D eigenvalue weighted by atomic mass is 10.2. The predicted octanol–water partition coefficient (Wildman–Crippen LogP) is 0.0512. The SMILES string of the molecule is O=c1n(-c2ccccc2)c(=O)n2n1[C@H]1C[C@@H](O)[C@H]2C1. The van der Waals surface area contributed by atoms with Crippen molar-refractivity contribution in [2.45, 2.75) is 31.0 Å². The number of aliphatic hydroxyl groups excluding tert-OH is 1. The summed E-state index contributed by atoms with van der Waals surface area (Å²) in [6.45, 7) is 0. The Labute approximate surface area is 108 Å². The summed E-state index contributed by atoms with van der Waals surface area (Å²) < 4.78 is 4.11. The molecule has 4 rings (SSSR count). The quantitative estimate of drug-likeness (QED) is 0.787. The van der Waals surface area contributed by atoms with Crippen LogP contribution in [0.3, 0.4) is 0 Å². The summed E-state index contributed by atoms with van der Waals surface area (Å²) >= 11 is 0. The number of para-hydroxylation sites is 1. The van der Waals surface area contributed by atoms with Gasteiger partial charge in [0.15, 0.2) is 0 Å². The summed E-state index contributed by atoms with van der Waals surface area (Å²) in [5.74, 6) is 0. The van der Waals surface area contributed by atoms with Crippen LogP contribution in [0.4, 0.5) is 0 Å². The van der Waals surface area contributed by atoms with Gasteiger partial charge in [-0.3, -0.25) is 0 Å². The molecule has 1 N–H and O–H groups in total. The molecule has 0 saturated heterocycles. The highest BCUT2D eigenvalue weighted by atomic mass is 16.3. The summed E-state index contributed by atoms with van der Waals surface area (Å²) in [6.07, 6.45) is 0.720. The van der Waals surface area contributed by atoms with Gasteiger partial charge in [0, 0.05) is 0 Å². The zero-order chi connectivity index (χ0) is 13.1. The topological polar surface area (TPSA) is 69.2 Å². The number of benzene rings is 1. The molecule has 1 fully saturated rings. The Kier molecular flexibility index (Phi) is 1.98. The van der Waals surface area contributed by atoms with Gasteiger partial charge in [-0.05, 0) is 25.0 Å². The van der Waals surface area contributed by atoms with Crippen LogP contribution in [-0.4, -0.2) is 25.1 Å². The Morgan fingerprint density at radius 1 is 1.00 bits per heavy atom. The summed E-state index contributed by atoms with van der Waals surface area (Å²) in [5.41, 5.74) is -0.0983. The number of aromatic nitrogens is 3. The van der Waals surface area contributed by atoms with Crippen LogP contribution in [0.15, 0.2) is 39.9 Å². The fourth-order valence-corrected chi connectivity index (χ4v) is 3.33. The summed E-state index contributed by atoms with van der Waals surface area (Å²) in [7, 11) is 0. The van der Waals surface area contributed by atoms with E-state index in [0.717, 1.165) is 0 Å². The van der Waals surface area contributed by atoms with Crippen LogP contribution in [-0.2, 0) is 0 Å². The number of fused-ring (bicyclic) bond motifs is 5. The molecule has 1 aliphatic carbocycles. The van der Waals surface area contributed by atoms with Crippen LogP contribution < -0.4 is 11.4 Å². The maximum absolute atomic E-state index is 12.4. The lowest BCUT2D eigenvalue weighted by Gasteiger charge is -2.19. The molecule has 2 aliphatic rings. The number of hydrogen-bond acceptors (Lipinski definition) is 3. The van der Waals surface area contributed by atoms with E-state index in [1.807, 2.05) is 6.07 Å². The highest BCUT2D eigenvalue weighted by molar-refractivity contribution is 5.30. The number of aliphatic hydroxyl groups is 1. The van der Waals surface area contributed by atoms with Crippen molar-refractivity contribution in [3.05, 3.63) is 51.3 Å². The van der Waals surface area contributed by atoms with Gasteiger partial charge < -0.3 is 5.11 Å². The molecule has 0 unspecified atom stereocenters. The van der Waals surface area contributed by atoms with E-state index in [9.17, 15) is 14.7 Å². The molecule has 2 bridgehead atoms. The normalized spacial score (nSPS) is 27.7. The predicted molar refractivity (Wildman–Crippen MR) is 67.6 cm³/mol. The van der Waals surface area contributed by atoms with E-state index in [1.165, 1.54) is 13.9 Å². The fraction of sp³-hybridized carbons (Fsp3) is 0.385. The van der Waals surface area contributed by atoms with Gasteiger partial charge in [-0.25, -0.2) is 23.5 Å². The van der Waals surface area contributed by atoms with E-state index in [4.69, 9.17) is 0 Å². The van der Waals surface area contributed by atoms with Crippen molar-refractivity contribution in [2.75, 3.05) is 0 Å². The lowest BCUT2D eigenvalue weighted by molar-refractivity contribution is 0.104. The molecular formula is C13H13N3O3. The fourth-order valence-electron chi connectivity index (χ4n) is 3.33. The van der Waals surface area contributed by atoms with Crippen LogP contribution in [0.2, 0.25) is 0 Å².